The third kappa shape index (κ3) is 4.53. The molecule has 0 spiro atoms. The second-order valence-corrected chi connectivity index (χ2v) is 5.94. The van der Waals surface area contributed by atoms with Crippen molar-refractivity contribution in [1.29, 1.82) is 0 Å². The van der Waals surface area contributed by atoms with Gasteiger partial charge in [0.15, 0.2) is 0 Å². The predicted octanol–water partition coefficient (Wildman–Crippen LogP) is 4.34. The number of halogens is 1. The van der Waals surface area contributed by atoms with Gasteiger partial charge in [-0.3, -0.25) is 4.79 Å². The Morgan fingerprint density at radius 1 is 1.10 bits per heavy atom. The van der Waals surface area contributed by atoms with Crippen LogP contribution >= 0.6 is 15.9 Å². The van der Waals surface area contributed by atoms with Gasteiger partial charge in [0.05, 0.1) is 6.21 Å². The van der Waals surface area contributed by atoms with E-state index in [0.29, 0.717) is 11.5 Å². The highest BCUT2D eigenvalue weighted by Gasteiger charge is 2.03. The fourth-order valence-electron chi connectivity index (χ4n) is 1.80. The highest BCUT2D eigenvalue weighted by molar-refractivity contribution is 9.10. The van der Waals surface area contributed by atoms with E-state index in [9.17, 15) is 4.79 Å². The van der Waals surface area contributed by atoms with E-state index in [0.717, 1.165) is 10.0 Å². The molecule has 0 aromatic heterocycles. The summed E-state index contributed by atoms with van der Waals surface area (Å²) in [6, 6.07) is 15.3. The maximum absolute atomic E-state index is 11.8. The van der Waals surface area contributed by atoms with E-state index >= 15 is 0 Å². The lowest BCUT2D eigenvalue weighted by Gasteiger charge is -2.04. The fourth-order valence-corrected chi connectivity index (χ4v) is 2.06. The zero-order valence-electron chi connectivity index (χ0n) is 12.0. The van der Waals surface area contributed by atoms with Crippen LogP contribution in [0.4, 0.5) is 0 Å². The molecule has 0 atom stereocenters. The number of nitrogens with zero attached hydrogens (tertiary/aromatic N) is 1. The summed E-state index contributed by atoms with van der Waals surface area (Å²) >= 11 is 3.33. The van der Waals surface area contributed by atoms with Crippen molar-refractivity contribution in [3.63, 3.8) is 0 Å². The Hall–Kier alpha value is -1.94. The molecule has 2 aromatic carbocycles. The van der Waals surface area contributed by atoms with Crippen LogP contribution in [0, 0.1) is 0 Å². The lowest BCUT2D eigenvalue weighted by Crippen LogP contribution is -2.17. The molecule has 2 rings (SSSR count). The van der Waals surface area contributed by atoms with Crippen LogP contribution in [-0.4, -0.2) is 12.1 Å². The molecule has 0 fully saturated rings. The van der Waals surface area contributed by atoms with Crippen molar-refractivity contribution in [2.75, 3.05) is 0 Å². The van der Waals surface area contributed by atoms with Crippen molar-refractivity contribution in [2.24, 2.45) is 5.10 Å². The summed E-state index contributed by atoms with van der Waals surface area (Å²) in [4.78, 5) is 11.8. The van der Waals surface area contributed by atoms with Crippen molar-refractivity contribution in [3.05, 3.63) is 69.7 Å². The quantitative estimate of drug-likeness (QED) is 0.650. The van der Waals surface area contributed by atoms with E-state index < -0.39 is 0 Å². The smallest absolute Gasteiger partial charge is 0.267 e. The second kappa shape index (κ2) is 7.18. The molecule has 1 N–H and O–H groups in total. The topological polar surface area (TPSA) is 41.5 Å². The molecule has 0 aliphatic heterocycles. The van der Waals surface area contributed by atoms with E-state index in [4.69, 9.17) is 0 Å². The molecule has 1 amide bonds. The Morgan fingerprint density at radius 3 is 2.29 bits per heavy atom. The van der Waals surface area contributed by atoms with Gasteiger partial charge in [0.1, 0.15) is 0 Å². The summed E-state index contributed by atoms with van der Waals surface area (Å²) < 4.78 is 0.938. The number of hydrazone groups is 1. The van der Waals surface area contributed by atoms with Crippen LogP contribution in [-0.2, 0) is 0 Å². The van der Waals surface area contributed by atoms with Gasteiger partial charge in [-0.2, -0.15) is 5.10 Å². The van der Waals surface area contributed by atoms with Crippen molar-refractivity contribution >= 4 is 28.1 Å². The van der Waals surface area contributed by atoms with Crippen LogP contribution in [0.2, 0.25) is 0 Å². The van der Waals surface area contributed by atoms with E-state index in [1.54, 1.807) is 18.3 Å². The van der Waals surface area contributed by atoms with E-state index in [-0.39, 0.29) is 5.91 Å². The van der Waals surface area contributed by atoms with Gasteiger partial charge in [-0.1, -0.05) is 54.0 Å². The van der Waals surface area contributed by atoms with Gasteiger partial charge >= 0.3 is 0 Å². The first-order valence-electron chi connectivity index (χ1n) is 6.75. The van der Waals surface area contributed by atoms with Crippen molar-refractivity contribution in [1.82, 2.24) is 5.43 Å². The average molecular weight is 345 g/mol. The van der Waals surface area contributed by atoms with E-state index in [1.165, 1.54) is 5.56 Å². The number of carbonyl (C=O) groups excluding carboxylic acids is 1. The highest BCUT2D eigenvalue weighted by Crippen LogP contribution is 2.14. The molecular formula is C17H17BrN2O. The molecule has 0 aliphatic rings. The molecule has 108 valence electrons. The Balaban J connectivity index is 1.95. The zero-order valence-corrected chi connectivity index (χ0v) is 13.6. The van der Waals surface area contributed by atoms with Crippen LogP contribution in [0.25, 0.3) is 0 Å². The van der Waals surface area contributed by atoms with Gasteiger partial charge in [0.2, 0.25) is 0 Å². The molecule has 2 aromatic rings. The summed E-state index contributed by atoms with van der Waals surface area (Å²) in [5.74, 6) is 0.283. The Bertz CT molecular complexity index is 631. The van der Waals surface area contributed by atoms with Gasteiger partial charge in [-0.15, -0.1) is 0 Å². The van der Waals surface area contributed by atoms with Gasteiger partial charge in [-0.25, -0.2) is 5.43 Å². The number of benzene rings is 2. The average Bonchev–Trinajstić information content (AvgIpc) is 2.48. The van der Waals surface area contributed by atoms with Crippen LogP contribution in [0.15, 0.2) is 58.1 Å². The van der Waals surface area contributed by atoms with Gasteiger partial charge in [-0.05, 0) is 41.3 Å². The molecule has 0 saturated heterocycles. The SMILES string of the molecule is CC(C)c1ccc(/C=N\NC(=O)c2ccc(Br)cc2)cc1. The number of rotatable bonds is 4. The Labute approximate surface area is 133 Å². The first kappa shape index (κ1) is 15.4. The second-order valence-electron chi connectivity index (χ2n) is 5.03. The minimum absolute atomic E-state index is 0.224. The molecule has 21 heavy (non-hydrogen) atoms. The largest absolute Gasteiger partial charge is 0.271 e. The number of carbonyl (C=O) groups is 1. The van der Waals surface area contributed by atoms with Crippen molar-refractivity contribution in [2.45, 2.75) is 19.8 Å². The normalized spacial score (nSPS) is 11.0. The first-order valence-corrected chi connectivity index (χ1v) is 7.54. The highest BCUT2D eigenvalue weighted by atomic mass is 79.9. The maximum atomic E-state index is 11.8. The number of hydrogen-bond acceptors (Lipinski definition) is 2. The standard InChI is InChI=1S/C17H17BrN2O/c1-12(2)14-5-3-13(4-6-14)11-19-20-17(21)15-7-9-16(18)10-8-15/h3-12H,1-2H3,(H,20,21)/b19-11-. The first-order chi connectivity index (χ1) is 10.1. The minimum Gasteiger partial charge on any atom is -0.267 e. The van der Waals surface area contributed by atoms with Crippen molar-refractivity contribution < 1.29 is 4.79 Å². The van der Waals surface area contributed by atoms with Crippen LogP contribution in [0.5, 0.6) is 0 Å². The molecule has 0 saturated carbocycles. The molecule has 0 radical (unpaired) electrons. The third-order valence-electron chi connectivity index (χ3n) is 3.09. The summed E-state index contributed by atoms with van der Waals surface area (Å²) in [6.07, 6.45) is 1.64. The summed E-state index contributed by atoms with van der Waals surface area (Å²) in [5, 5.41) is 3.98. The molecular weight excluding hydrogens is 328 g/mol. The van der Waals surface area contributed by atoms with E-state index in [1.807, 2.05) is 24.3 Å². The lowest BCUT2D eigenvalue weighted by atomic mass is 10.0. The maximum Gasteiger partial charge on any atom is 0.271 e. The van der Waals surface area contributed by atoms with Crippen LogP contribution < -0.4 is 5.43 Å². The molecule has 0 aliphatic carbocycles. The molecule has 0 unspecified atom stereocenters. The Kier molecular flexibility index (Phi) is 5.28. The molecule has 0 heterocycles. The zero-order chi connectivity index (χ0) is 15.2. The van der Waals surface area contributed by atoms with Crippen LogP contribution in [0.1, 0.15) is 41.3 Å². The molecule has 4 heteroatoms. The fraction of sp³-hybridized carbons (Fsp3) is 0.176. The summed E-state index contributed by atoms with van der Waals surface area (Å²) in [5.41, 5.74) is 5.33. The lowest BCUT2D eigenvalue weighted by molar-refractivity contribution is 0.0955. The summed E-state index contributed by atoms with van der Waals surface area (Å²) in [6.45, 7) is 4.31. The van der Waals surface area contributed by atoms with Gasteiger partial charge < -0.3 is 0 Å². The minimum atomic E-state index is -0.224. The number of amides is 1. The molecule has 3 nitrogen and oxygen atoms in total. The monoisotopic (exact) mass is 344 g/mol. The third-order valence-corrected chi connectivity index (χ3v) is 3.62. The van der Waals surface area contributed by atoms with E-state index in [2.05, 4.69) is 52.4 Å². The van der Waals surface area contributed by atoms with Gasteiger partial charge in [0.25, 0.3) is 5.91 Å². The molecule has 0 bridgehead atoms. The predicted molar refractivity (Wildman–Crippen MR) is 89.7 cm³/mol. The number of nitrogens with one attached hydrogen (secondary N) is 1. The van der Waals surface area contributed by atoms with Gasteiger partial charge in [0, 0.05) is 10.0 Å². The van der Waals surface area contributed by atoms with Crippen molar-refractivity contribution in [3.8, 4) is 0 Å². The van der Waals surface area contributed by atoms with Crippen LogP contribution in [0.3, 0.4) is 0 Å². The number of hydrogen-bond donors (Lipinski definition) is 1. The Morgan fingerprint density at radius 2 is 1.71 bits per heavy atom. The summed E-state index contributed by atoms with van der Waals surface area (Å²) in [7, 11) is 0.